The predicted molar refractivity (Wildman–Crippen MR) is 80.6 cm³/mol. The van der Waals surface area contributed by atoms with Crippen molar-refractivity contribution in [3.8, 4) is 11.3 Å². The SMILES string of the molecule is CCC(O)c1c(-c2ccccc2)nc2cc(C)ccn12. The third kappa shape index (κ3) is 2.10. The molecule has 3 aromatic rings. The Morgan fingerprint density at radius 3 is 2.65 bits per heavy atom. The van der Waals surface area contributed by atoms with Crippen molar-refractivity contribution >= 4 is 5.65 Å². The van der Waals surface area contributed by atoms with Crippen LogP contribution < -0.4 is 0 Å². The van der Waals surface area contributed by atoms with Crippen LogP contribution in [0.3, 0.4) is 0 Å². The number of benzene rings is 1. The van der Waals surface area contributed by atoms with Gasteiger partial charge >= 0.3 is 0 Å². The van der Waals surface area contributed by atoms with Gasteiger partial charge in [-0.15, -0.1) is 0 Å². The van der Waals surface area contributed by atoms with Crippen molar-refractivity contribution in [2.45, 2.75) is 26.4 Å². The largest absolute Gasteiger partial charge is 0.387 e. The first-order valence-electron chi connectivity index (χ1n) is 6.92. The maximum atomic E-state index is 10.4. The minimum absolute atomic E-state index is 0.511. The third-order valence-corrected chi connectivity index (χ3v) is 3.57. The Hall–Kier alpha value is -2.13. The molecule has 3 nitrogen and oxygen atoms in total. The van der Waals surface area contributed by atoms with E-state index in [0.717, 1.165) is 22.6 Å². The molecule has 0 fully saturated rings. The Kier molecular flexibility index (Phi) is 3.28. The fourth-order valence-corrected chi connectivity index (χ4v) is 2.49. The van der Waals surface area contributed by atoms with Crippen LogP contribution in [0.4, 0.5) is 0 Å². The average Bonchev–Trinajstić information content (AvgIpc) is 2.85. The Morgan fingerprint density at radius 1 is 1.20 bits per heavy atom. The maximum Gasteiger partial charge on any atom is 0.138 e. The van der Waals surface area contributed by atoms with Gasteiger partial charge in [0.15, 0.2) is 0 Å². The van der Waals surface area contributed by atoms with Gasteiger partial charge in [0.1, 0.15) is 5.65 Å². The van der Waals surface area contributed by atoms with Crippen molar-refractivity contribution in [3.05, 3.63) is 59.9 Å². The van der Waals surface area contributed by atoms with Crippen molar-refractivity contribution in [1.29, 1.82) is 0 Å². The molecule has 20 heavy (non-hydrogen) atoms. The van der Waals surface area contributed by atoms with Crippen molar-refractivity contribution in [2.75, 3.05) is 0 Å². The Morgan fingerprint density at radius 2 is 1.95 bits per heavy atom. The molecule has 1 atom stereocenters. The predicted octanol–water partition coefficient (Wildman–Crippen LogP) is 3.75. The maximum absolute atomic E-state index is 10.4. The number of nitrogens with zero attached hydrogens (tertiary/aromatic N) is 2. The van der Waals surface area contributed by atoms with E-state index >= 15 is 0 Å². The van der Waals surface area contributed by atoms with Gasteiger partial charge < -0.3 is 9.51 Å². The number of rotatable bonds is 3. The fourth-order valence-electron chi connectivity index (χ4n) is 2.49. The topological polar surface area (TPSA) is 37.5 Å². The first kappa shape index (κ1) is 12.9. The van der Waals surface area contributed by atoms with Crippen LogP contribution in [0.1, 0.15) is 30.7 Å². The lowest BCUT2D eigenvalue weighted by Crippen LogP contribution is -2.02. The van der Waals surface area contributed by atoms with E-state index in [0.29, 0.717) is 6.42 Å². The monoisotopic (exact) mass is 266 g/mol. The zero-order valence-corrected chi connectivity index (χ0v) is 11.7. The summed E-state index contributed by atoms with van der Waals surface area (Å²) in [5, 5.41) is 10.4. The minimum atomic E-state index is -0.511. The molecule has 0 aliphatic heterocycles. The molecule has 1 aromatic carbocycles. The summed E-state index contributed by atoms with van der Waals surface area (Å²) in [6, 6.07) is 14.1. The van der Waals surface area contributed by atoms with E-state index in [2.05, 4.69) is 0 Å². The molecule has 102 valence electrons. The zero-order chi connectivity index (χ0) is 14.1. The van der Waals surface area contributed by atoms with Gasteiger partial charge in [-0.1, -0.05) is 37.3 Å². The van der Waals surface area contributed by atoms with Gasteiger partial charge in [-0.25, -0.2) is 4.98 Å². The van der Waals surface area contributed by atoms with Crippen LogP contribution in [0.15, 0.2) is 48.7 Å². The van der Waals surface area contributed by atoms with Gasteiger partial charge in [0.05, 0.1) is 17.5 Å². The smallest absolute Gasteiger partial charge is 0.138 e. The highest BCUT2D eigenvalue weighted by Gasteiger charge is 2.19. The highest BCUT2D eigenvalue weighted by Crippen LogP contribution is 2.30. The van der Waals surface area contributed by atoms with Gasteiger partial charge in [0.2, 0.25) is 0 Å². The number of imidazole rings is 1. The Bertz CT molecular complexity index is 731. The normalized spacial score (nSPS) is 12.8. The van der Waals surface area contributed by atoms with E-state index in [-0.39, 0.29) is 0 Å². The molecular formula is C17H18N2O. The summed E-state index contributed by atoms with van der Waals surface area (Å²) in [6.45, 7) is 4.03. The van der Waals surface area contributed by atoms with Crippen molar-refractivity contribution in [2.24, 2.45) is 0 Å². The summed E-state index contributed by atoms with van der Waals surface area (Å²) in [5.41, 5.74) is 4.82. The molecule has 3 heteroatoms. The van der Waals surface area contributed by atoms with Crippen LogP contribution in [0.2, 0.25) is 0 Å². The summed E-state index contributed by atoms with van der Waals surface area (Å²) in [7, 11) is 0. The minimum Gasteiger partial charge on any atom is -0.387 e. The molecule has 0 saturated carbocycles. The van der Waals surface area contributed by atoms with Crippen molar-refractivity contribution in [1.82, 2.24) is 9.38 Å². The van der Waals surface area contributed by atoms with Gasteiger partial charge in [-0.3, -0.25) is 0 Å². The van der Waals surface area contributed by atoms with Crippen LogP contribution in [0, 0.1) is 6.92 Å². The number of aliphatic hydroxyl groups excluding tert-OH is 1. The molecule has 0 aliphatic rings. The molecule has 3 rings (SSSR count). The van der Waals surface area contributed by atoms with Gasteiger partial charge in [0, 0.05) is 11.8 Å². The quantitative estimate of drug-likeness (QED) is 0.784. The number of pyridine rings is 1. The summed E-state index contributed by atoms with van der Waals surface area (Å²) < 4.78 is 1.99. The Balaban J connectivity index is 2.30. The van der Waals surface area contributed by atoms with Crippen LogP contribution in [-0.2, 0) is 0 Å². The van der Waals surface area contributed by atoms with Crippen LogP contribution in [0.25, 0.3) is 16.9 Å². The number of fused-ring (bicyclic) bond motifs is 1. The second-order valence-corrected chi connectivity index (χ2v) is 5.07. The lowest BCUT2D eigenvalue weighted by atomic mass is 10.1. The van der Waals surface area contributed by atoms with Crippen LogP contribution in [-0.4, -0.2) is 14.5 Å². The first-order valence-corrected chi connectivity index (χ1v) is 6.92. The molecule has 1 unspecified atom stereocenters. The van der Waals surface area contributed by atoms with Crippen LogP contribution in [0.5, 0.6) is 0 Å². The Labute approximate surface area is 118 Å². The molecular weight excluding hydrogens is 248 g/mol. The van der Waals surface area contributed by atoms with E-state index < -0.39 is 6.10 Å². The number of aliphatic hydroxyl groups is 1. The molecule has 1 N–H and O–H groups in total. The summed E-state index contributed by atoms with van der Waals surface area (Å²) in [5.74, 6) is 0. The molecule has 0 aliphatic carbocycles. The highest BCUT2D eigenvalue weighted by molar-refractivity contribution is 5.67. The lowest BCUT2D eigenvalue weighted by molar-refractivity contribution is 0.168. The summed E-state index contributed by atoms with van der Waals surface area (Å²) in [6.07, 6.45) is 2.14. The molecule has 0 bridgehead atoms. The van der Waals surface area contributed by atoms with E-state index in [1.165, 1.54) is 5.56 Å². The summed E-state index contributed by atoms with van der Waals surface area (Å²) in [4.78, 5) is 4.72. The van der Waals surface area contributed by atoms with E-state index in [1.807, 2.05) is 66.9 Å². The van der Waals surface area contributed by atoms with Gasteiger partial charge in [0.25, 0.3) is 0 Å². The zero-order valence-electron chi connectivity index (χ0n) is 11.7. The fraction of sp³-hybridized carbons (Fsp3) is 0.235. The van der Waals surface area contributed by atoms with Crippen molar-refractivity contribution < 1.29 is 5.11 Å². The summed E-state index contributed by atoms with van der Waals surface area (Å²) >= 11 is 0. The molecule has 0 amide bonds. The standard InChI is InChI=1S/C17H18N2O/c1-3-14(20)17-16(13-7-5-4-6-8-13)18-15-11-12(2)9-10-19(15)17/h4-11,14,20H,3H2,1-2H3. The second kappa shape index (κ2) is 5.10. The molecule has 0 radical (unpaired) electrons. The lowest BCUT2D eigenvalue weighted by Gasteiger charge is -2.10. The average molecular weight is 266 g/mol. The number of aromatic nitrogens is 2. The van der Waals surface area contributed by atoms with Gasteiger partial charge in [-0.05, 0) is 31.0 Å². The molecule has 2 heterocycles. The molecule has 2 aromatic heterocycles. The van der Waals surface area contributed by atoms with E-state index in [9.17, 15) is 5.11 Å². The number of aryl methyl sites for hydroxylation is 1. The van der Waals surface area contributed by atoms with E-state index in [4.69, 9.17) is 4.98 Å². The molecule has 0 saturated heterocycles. The number of hydrogen-bond donors (Lipinski definition) is 1. The third-order valence-electron chi connectivity index (χ3n) is 3.57. The van der Waals surface area contributed by atoms with Gasteiger partial charge in [-0.2, -0.15) is 0 Å². The van der Waals surface area contributed by atoms with Crippen molar-refractivity contribution in [3.63, 3.8) is 0 Å². The first-order chi connectivity index (χ1) is 9.70. The highest BCUT2D eigenvalue weighted by atomic mass is 16.3. The van der Waals surface area contributed by atoms with E-state index in [1.54, 1.807) is 0 Å². The number of hydrogen-bond acceptors (Lipinski definition) is 2. The second-order valence-electron chi connectivity index (χ2n) is 5.07. The van der Waals surface area contributed by atoms with Crippen LogP contribution >= 0.6 is 0 Å². The molecule has 0 spiro atoms.